The average molecular weight is 439 g/mol. The van der Waals surface area contributed by atoms with Gasteiger partial charge in [0.2, 0.25) is 0 Å². The van der Waals surface area contributed by atoms with Crippen LogP contribution >= 0.6 is 0 Å². The van der Waals surface area contributed by atoms with E-state index in [1.165, 1.54) is 88.2 Å². The van der Waals surface area contributed by atoms with E-state index in [0.717, 1.165) is 19.3 Å². The van der Waals surface area contributed by atoms with Crippen molar-refractivity contribution in [2.24, 2.45) is 0 Å². The maximum atomic E-state index is 10.4. The Bertz CT molecular complexity index is 538. The van der Waals surface area contributed by atoms with Gasteiger partial charge in [0.1, 0.15) is 0 Å². The zero-order valence-electron chi connectivity index (χ0n) is 19.8. The first-order chi connectivity index (χ1) is 14.2. The van der Waals surface area contributed by atoms with Crippen LogP contribution in [0.3, 0.4) is 0 Å². The molecule has 0 saturated heterocycles. The number of hydrogen-bond donors (Lipinski definition) is 0. The molecule has 3 heteroatoms. The van der Waals surface area contributed by atoms with Crippen LogP contribution in [-0.2, 0) is 4.79 Å². The van der Waals surface area contributed by atoms with Gasteiger partial charge in [-0.15, -0.1) is 0 Å². The largest absolute Gasteiger partial charge is 1.00 e. The Kier molecular flexibility index (Phi) is 21.0. The fraction of sp³-hybridized carbons (Fsp3) is 0.667. The zero-order valence-corrected chi connectivity index (χ0v) is 22.9. The topological polar surface area (TPSA) is 40.1 Å². The fourth-order valence-corrected chi connectivity index (χ4v) is 4.10. The number of benzene rings is 1. The second kappa shape index (κ2) is 20.9. The molecule has 0 aliphatic carbocycles. The van der Waals surface area contributed by atoms with Gasteiger partial charge in [-0.25, -0.2) is 0 Å². The minimum atomic E-state index is -0.916. The first-order valence-electron chi connectivity index (χ1n) is 12.1. The van der Waals surface area contributed by atoms with E-state index in [0.29, 0.717) is 5.92 Å². The van der Waals surface area contributed by atoms with E-state index in [9.17, 15) is 9.90 Å². The molecule has 2 nitrogen and oxygen atoms in total. The second-order valence-electron chi connectivity index (χ2n) is 8.51. The Balaban J connectivity index is 0.00000841. The molecule has 1 unspecified atom stereocenters. The molecule has 0 amide bonds. The van der Waals surface area contributed by atoms with Crippen molar-refractivity contribution in [1.82, 2.24) is 0 Å². The molecule has 1 aromatic rings. The molecule has 0 spiro atoms. The standard InChI is InChI=1S/C27H44O2.K/c1-3-5-6-7-8-11-14-17-25(26-22-20-24(4-2)21-23-26)18-15-12-9-10-13-16-19-27(28)29;/h4,20-23,25H,2-3,5-19H2,1H3,(H,28,29);/q;+1/p-1. The molecule has 0 radical (unpaired) electrons. The molecule has 0 saturated carbocycles. The molecule has 0 heterocycles. The van der Waals surface area contributed by atoms with E-state index in [-0.39, 0.29) is 57.8 Å². The smallest absolute Gasteiger partial charge is 0.550 e. The van der Waals surface area contributed by atoms with Crippen molar-refractivity contribution >= 4 is 12.0 Å². The van der Waals surface area contributed by atoms with Crippen molar-refractivity contribution in [3.8, 4) is 0 Å². The molecule has 1 aromatic carbocycles. The summed E-state index contributed by atoms with van der Waals surface area (Å²) < 4.78 is 0. The Labute approximate surface area is 228 Å². The number of carbonyl (C=O) groups is 1. The molecule has 164 valence electrons. The van der Waals surface area contributed by atoms with Gasteiger partial charge in [-0.3, -0.25) is 0 Å². The summed E-state index contributed by atoms with van der Waals surface area (Å²) in [6.07, 6.45) is 20.9. The number of carboxylic acids is 1. The van der Waals surface area contributed by atoms with Gasteiger partial charge in [-0.2, -0.15) is 0 Å². The van der Waals surface area contributed by atoms with Crippen LogP contribution in [0.4, 0.5) is 0 Å². The third kappa shape index (κ3) is 15.8. The molecule has 1 atom stereocenters. The van der Waals surface area contributed by atoms with Gasteiger partial charge in [0.25, 0.3) is 0 Å². The minimum Gasteiger partial charge on any atom is -0.550 e. The molecule has 1 rings (SSSR count). The van der Waals surface area contributed by atoms with Gasteiger partial charge >= 0.3 is 51.4 Å². The number of carboxylic acid groups (broad SMARTS) is 1. The third-order valence-electron chi connectivity index (χ3n) is 5.98. The molecular formula is C27H43KO2. The zero-order chi connectivity index (χ0) is 21.2. The molecule has 0 aliphatic rings. The first kappa shape index (κ1) is 30.1. The van der Waals surface area contributed by atoms with E-state index in [4.69, 9.17) is 0 Å². The van der Waals surface area contributed by atoms with Crippen LogP contribution in [0.25, 0.3) is 6.08 Å². The van der Waals surface area contributed by atoms with Crippen LogP contribution in [0.15, 0.2) is 30.8 Å². The van der Waals surface area contributed by atoms with Crippen molar-refractivity contribution in [2.45, 2.75) is 116 Å². The Morgan fingerprint density at radius 3 is 1.77 bits per heavy atom. The van der Waals surface area contributed by atoms with Crippen LogP contribution in [0, 0.1) is 0 Å². The van der Waals surface area contributed by atoms with Gasteiger partial charge in [0, 0.05) is 5.97 Å². The molecule has 30 heavy (non-hydrogen) atoms. The van der Waals surface area contributed by atoms with E-state index < -0.39 is 5.97 Å². The number of aliphatic carboxylic acids is 1. The molecule has 0 fully saturated rings. The molecule has 0 N–H and O–H groups in total. The van der Waals surface area contributed by atoms with E-state index in [1.54, 1.807) is 0 Å². The quantitative estimate of drug-likeness (QED) is 0.237. The van der Waals surface area contributed by atoms with Gasteiger partial charge in [0.15, 0.2) is 0 Å². The van der Waals surface area contributed by atoms with Gasteiger partial charge in [-0.05, 0) is 42.7 Å². The summed E-state index contributed by atoms with van der Waals surface area (Å²) in [6, 6.07) is 8.97. The maximum Gasteiger partial charge on any atom is 1.00 e. The van der Waals surface area contributed by atoms with Gasteiger partial charge in [0.05, 0.1) is 0 Å². The van der Waals surface area contributed by atoms with E-state index in [1.807, 2.05) is 6.08 Å². The van der Waals surface area contributed by atoms with E-state index >= 15 is 0 Å². The Morgan fingerprint density at radius 1 is 0.833 bits per heavy atom. The summed E-state index contributed by atoms with van der Waals surface area (Å²) in [5, 5.41) is 10.4. The summed E-state index contributed by atoms with van der Waals surface area (Å²) in [4.78, 5) is 10.4. The SMILES string of the molecule is C=Cc1ccc(C(CCCCCCCCC)CCCCCCCCC(=O)[O-])cc1.[K+]. The summed E-state index contributed by atoms with van der Waals surface area (Å²) in [6.45, 7) is 6.14. The van der Waals surface area contributed by atoms with Crippen molar-refractivity contribution in [1.29, 1.82) is 0 Å². The molecular weight excluding hydrogens is 395 g/mol. The average Bonchev–Trinajstić information content (AvgIpc) is 2.73. The predicted octanol–water partition coefficient (Wildman–Crippen LogP) is 4.43. The summed E-state index contributed by atoms with van der Waals surface area (Å²) >= 11 is 0. The Hall–Kier alpha value is 0.0664. The summed E-state index contributed by atoms with van der Waals surface area (Å²) in [5.74, 6) is -0.247. The van der Waals surface area contributed by atoms with Gasteiger partial charge < -0.3 is 9.90 Å². The first-order valence-corrected chi connectivity index (χ1v) is 12.1. The summed E-state index contributed by atoms with van der Waals surface area (Å²) in [5.41, 5.74) is 2.68. The van der Waals surface area contributed by atoms with Crippen molar-refractivity contribution in [3.63, 3.8) is 0 Å². The fourth-order valence-electron chi connectivity index (χ4n) is 4.10. The summed E-state index contributed by atoms with van der Waals surface area (Å²) in [7, 11) is 0. The number of unbranched alkanes of at least 4 members (excludes halogenated alkanes) is 11. The van der Waals surface area contributed by atoms with Crippen LogP contribution in [0.5, 0.6) is 0 Å². The van der Waals surface area contributed by atoms with Crippen molar-refractivity contribution in [2.75, 3.05) is 0 Å². The minimum absolute atomic E-state index is 0. The molecule has 0 aromatic heterocycles. The van der Waals surface area contributed by atoms with Crippen LogP contribution in [0.1, 0.15) is 127 Å². The van der Waals surface area contributed by atoms with Crippen LogP contribution in [0.2, 0.25) is 0 Å². The van der Waals surface area contributed by atoms with Gasteiger partial charge in [-0.1, -0.05) is 121 Å². The molecule has 0 aliphatic heterocycles. The van der Waals surface area contributed by atoms with Crippen LogP contribution in [-0.4, -0.2) is 5.97 Å². The normalized spacial score (nSPS) is 11.6. The number of rotatable bonds is 19. The number of hydrogen-bond acceptors (Lipinski definition) is 2. The van der Waals surface area contributed by atoms with Crippen LogP contribution < -0.4 is 56.5 Å². The molecule has 0 bridgehead atoms. The second-order valence-corrected chi connectivity index (χ2v) is 8.51. The maximum absolute atomic E-state index is 10.4. The predicted molar refractivity (Wildman–Crippen MR) is 124 cm³/mol. The Morgan fingerprint density at radius 2 is 1.30 bits per heavy atom. The third-order valence-corrected chi connectivity index (χ3v) is 5.98. The number of carbonyl (C=O) groups excluding carboxylic acids is 1. The monoisotopic (exact) mass is 438 g/mol. The van der Waals surface area contributed by atoms with E-state index in [2.05, 4.69) is 37.8 Å². The van der Waals surface area contributed by atoms with Crippen molar-refractivity contribution < 1.29 is 61.3 Å². The van der Waals surface area contributed by atoms with Crippen molar-refractivity contribution in [3.05, 3.63) is 42.0 Å².